The van der Waals surface area contributed by atoms with Crippen LogP contribution in [0.2, 0.25) is 0 Å². The highest BCUT2D eigenvalue weighted by Gasteiger charge is 2.35. The molecular formula is C28H29NO3. The summed E-state index contributed by atoms with van der Waals surface area (Å²) in [6.07, 6.45) is 0.374. The molecule has 4 rings (SSSR count). The standard InChI is InChI=1S/C28H29NO3/c1-28(2,3)19-15-13-18(14-16-19)17-24(27(31)32-4)29-26(30)25-22-11-7-5-9-20(22)21-10-6-8-12-23(21)25/h5-16,24-25H,17H2,1-4H3,(H,29,30)/t24-/m0/s1. The third kappa shape index (κ3) is 4.18. The highest BCUT2D eigenvalue weighted by Crippen LogP contribution is 2.44. The lowest BCUT2D eigenvalue weighted by molar-refractivity contribution is -0.145. The van der Waals surface area contributed by atoms with Crippen LogP contribution in [-0.2, 0) is 26.2 Å². The first-order chi connectivity index (χ1) is 15.3. The topological polar surface area (TPSA) is 55.4 Å². The number of hydrogen-bond donors (Lipinski definition) is 1. The number of benzene rings is 3. The smallest absolute Gasteiger partial charge is 0.328 e. The highest BCUT2D eigenvalue weighted by molar-refractivity contribution is 5.97. The summed E-state index contributed by atoms with van der Waals surface area (Å²) in [4.78, 5) is 26.0. The van der Waals surface area contributed by atoms with Crippen molar-refractivity contribution in [1.29, 1.82) is 0 Å². The van der Waals surface area contributed by atoms with Gasteiger partial charge in [-0.25, -0.2) is 4.79 Å². The maximum Gasteiger partial charge on any atom is 0.328 e. The molecule has 1 amide bonds. The van der Waals surface area contributed by atoms with Gasteiger partial charge < -0.3 is 10.1 Å². The Morgan fingerprint density at radius 2 is 1.41 bits per heavy atom. The van der Waals surface area contributed by atoms with Gasteiger partial charge in [-0.1, -0.05) is 93.6 Å². The van der Waals surface area contributed by atoms with Crippen molar-refractivity contribution in [1.82, 2.24) is 5.32 Å². The summed E-state index contributed by atoms with van der Waals surface area (Å²) in [7, 11) is 1.35. The van der Waals surface area contributed by atoms with Crippen LogP contribution >= 0.6 is 0 Å². The van der Waals surface area contributed by atoms with Crippen LogP contribution in [0.3, 0.4) is 0 Å². The average molecular weight is 428 g/mol. The summed E-state index contributed by atoms with van der Waals surface area (Å²) >= 11 is 0. The Balaban J connectivity index is 1.59. The van der Waals surface area contributed by atoms with E-state index in [-0.39, 0.29) is 11.3 Å². The third-order valence-electron chi connectivity index (χ3n) is 6.16. The van der Waals surface area contributed by atoms with E-state index in [1.165, 1.54) is 12.7 Å². The molecule has 0 radical (unpaired) electrons. The van der Waals surface area contributed by atoms with Crippen LogP contribution in [-0.4, -0.2) is 25.0 Å². The predicted octanol–water partition coefficient (Wildman–Crippen LogP) is 5.00. The lowest BCUT2D eigenvalue weighted by atomic mass is 9.86. The van der Waals surface area contributed by atoms with E-state index >= 15 is 0 Å². The van der Waals surface area contributed by atoms with Crippen molar-refractivity contribution in [2.24, 2.45) is 0 Å². The molecule has 0 aliphatic heterocycles. The molecule has 0 heterocycles. The fourth-order valence-electron chi connectivity index (χ4n) is 4.41. The van der Waals surface area contributed by atoms with Gasteiger partial charge in [0.25, 0.3) is 0 Å². The zero-order chi connectivity index (χ0) is 22.9. The maximum absolute atomic E-state index is 13.5. The van der Waals surface area contributed by atoms with E-state index in [0.717, 1.165) is 27.8 Å². The van der Waals surface area contributed by atoms with Gasteiger partial charge in [0.15, 0.2) is 0 Å². The second-order valence-corrected chi connectivity index (χ2v) is 9.34. The molecule has 0 fully saturated rings. The largest absolute Gasteiger partial charge is 0.467 e. The van der Waals surface area contributed by atoms with Gasteiger partial charge in [0.05, 0.1) is 13.0 Å². The number of carbonyl (C=O) groups excluding carboxylic acids is 2. The highest BCUT2D eigenvalue weighted by atomic mass is 16.5. The van der Waals surface area contributed by atoms with E-state index in [0.29, 0.717) is 6.42 Å². The predicted molar refractivity (Wildman–Crippen MR) is 127 cm³/mol. The van der Waals surface area contributed by atoms with E-state index < -0.39 is 17.9 Å². The molecule has 0 bridgehead atoms. The Labute approximate surface area is 189 Å². The number of amides is 1. The molecule has 1 aliphatic carbocycles. The quantitative estimate of drug-likeness (QED) is 0.583. The Bertz CT molecular complexity index is 1100. The van der Waals surface area contributed by atoms with Crippen molar-refractivity contribution in [2.45, 2.75) is 44.6 Å². The van der Waals surface area contributed by atoms with Crippen molar-refractivity contribution < 1.29 is 14.3 Å². The van der Waals surface area contributed by atoms with Gasteiger partial charge in [-0.3, -0.25) is 4.79 Å². The molecule has 3 aromatic rings. The van der Waals surface area contributed by atoms with Crippen molar-refractivity contribution in [3.05, 3.63) is 95.1 Å². The Kier molecular flexibility index (Phi) is 5.88. The van der Waals surface area contributed by atoms with Crippen LogP contribution in [0, 0.1) is 0 Å². The lowest BCUT2D eigenvalue weighted by Gasteiger charge is -2.22. The number of methoxy groups -OCH3 is 1. The summed E-state index contributed by atoms with van der Waals surface area (Å²) in [5, 5.41) is 2.97. The molecule has 32 heavy (non-hydrogen) atoms. The first-order valence-electron chi connectivity index (χ1n) is 11.0. The summed E-state index contributed by atoms with van der Waals surface area (Å²) in [5.74, 6) is -1.08. The normalized spacial score (nSPS) is 13.8. The Hall–Kier alpha value is -3.40. The fourth-order valence-corrected chi connectivity index (χ4v) is 4.41. The molecule has 1 N–H and O–H groups in total. The molecule has 3 aromatic carbocycles. The average Bonchev–Trinajstić information content (AvgIpc) is 3.12. The zero-order valence-electron chi connectivity index (χ0n) is 19.0. The zero-order valence-corrected chi connectivity index (χ0v) is 19.0. The first kappa shape index (κ1) is 21.8. The molecule has 4 nitrogen and oxygen atoms in total. The number of fused-ring (bicyclic) bond motifs is 3. The summed E-state index contributed by atoms with van der Waals surface area (Å²) in [6.45, 7) is 6.49. The van der Waals surface area contributed by atoms with E-state index in [9.17, 15) is 9.59 Å². The number of ether oxygens (including phenoxy) is 1. The minimum Gasteiger partial charge on any atom is -0.467 e. The number of hydrogen-bond acceptors (Lipinski definition) is 3. The molecule has 1 aliphatic rings. The number of rotatable bonds is 5. The van der Waals surface area contributed by atoms with Crippen LogP contribution in [0.1, 0.15) is 48.9 Å². The third-order valence-corrected chi connectivity index (χ3v) is 6.16. The van der Waals surface area contributed by atoms with Gasteiger partial charge in [-0.2, -0.15) is 0 Å². The summed E-state index contributed by atoms with van der Waals surface area (Å²) in [6, 6.07) is 23.3. The second-order valence-electron chi connectivity index (χ2n) is 9.34. The molecule has 0 unspecified atom stereocenters. The van der Waals surface area contributed by atoms with Crippen molar-refractivity contribution >= 4 is 11.9 Å². The Morgan fingerprint density at radius 1 is 0.875 bits per heavy atom. The molecule has 0 saturated heterocycles. The lowest BCUT2D eigenvalue weighted by Crippen LogP contribution is -2.45. The number of carbonyl (C=O) groups is 2. The van der Waals surface area contributed by atoms with Crippen molar-refractivity contribution in [3.8, 4) is 11.1 Å². The van der Waals surface area contributed by atoms with E-state index in [4.69, 9.17) is 4.74 Å². The summed E-state index contributed by atoms with van der Waals surface area (Å²) in [5.41, 5.74) is 6.30. The van der Waals surface area contributed by atoms with Crippen LogP contribution < -0.4 is 5.32 Å². The monoisotopic (exact) mass is 427 g/mol. The first-order valence-corrected chi connectivity index (χ1v) is 11.0. The summed E-state index contributed by atoms with van der Waals surface area (Å²) < 4.78 is 5.01. The molecule has 0 saturated carbocycles. The van der Waals surface area contributed by atoms with Gasteiger partial charge in [0, 0.05) is 6.42 Å². The SMILES string of the molecule is COC(=O)[C@H](Cc1ccc(C(C)(C)C)cc1)NC(=O)C1c2ccccc2-c2ccccc21. The number of nitrogens with one attached hydrogen (secondary N) is 1. The van der Waals surface area contributed by atoms with Gasteiger partial charge in [-0.05, 0) is 38.8 Å². The molecule has 0 spiro atoms. The van der Waals surface area contributed by atoms with E-state index in [2.05, 4.69) is 38.2 Å². The van der Waals surface area contributed by atoms with Crippen LogP contribution in [0.15, 0.2) is 72.8 Å². The molecule has 164 valence electrons. The molecule has 1 atom stereocenters. The van der Waals surface area contributed by atoms with Gasteiger partial charge in [0.1, 0.15) is 6.04 Å². The fraction of sp³-hybridized carbons (Fsp3) is 0.286. The molecule has 0 aromatic heterocycles. The number of esters is 1. The van der Waals surface area contributed by atoms with Crippen LogP contribution in [0.5, 0.6) is 0 Å². The van der Waals surface area contributed by atoms with Gasteiger partial charge >= 0.3 is 5.97 Å². The van der Waals surface area contributed by atoms with Crippen molar-refractivity contribution in [3.63, 3.8) is 0 Å². The van der Waals surface area contributed by atoms with E-state index in [1.807, 2.05) is 60.7 Å². The van der Waals surface area contributed by atoms with Crippen molar-refractivity contribution in [2.75, 3.05) is 7.11 Å². The van der Waals surface area contributed by atoms with Crippen LogP contribution in [0.4, 0.5) is 0 Å². The van der Waals surface area contributed by atoms with Crippen LogP contribution in [0.25, 0.3) is 11.1 Å². The second kappa shape index (κ2) is 8.62. The maximum atomic E-state index is 13.5. The minimum atomic E-state index is -0.757. The molecular weight excluding hydrogens is 398 g/mol. The minimum absolute atomic E-state index is 0.0533. The van der Waals surface area contributed by atoms with Gasteiger partial charge in [-0.15, -0.1) is 0 Å². The van der Waals surface area contributed by atoms with Gasteiger partial charge in [0.2, 0.25) is 5.91 Å². The van der Waals surface area contributed by atoms with E-state index in [1.54, 1.807) is 0 Å². The Morgan fingerprint density at radius 3 is 1.91 bits per heavy atom. The molecule has 4 heteroatoms.